The molecule has 0 saturated carbocycles. The minimum absolute atomic E-state index is 0.706. The molecule has 3 heterocycles. The van der Waals surface area contributed by atoms with Crippen LogP contribution in [-0.4, -0.2) is 16.8 Å². The van der Waals surface area contributed by atoms with Gasteiger partial charge in [-0.25, -0.2) is 4.98 Å². The van der Waals surface area contributed by atoms with Crippen molar-refractivity contribution in [2.45, 2.75) is 13.5 Å². The first-order valence-corrected chi connectivity index (χ1v) is 7.26. The number of nitrogens with one attached hydrogen (secondary N) is 1. The van der Waals surface area contributed by atoms with Crippen LogP contribution in [-0.2, 0) is 6.54 Å². The van der Waals surface area contributed by atoms with E-state index in [1.807, 2.05) is 37.4 Å². The van der Waals surface area contributed by atoms with Gasteiger partial charge in [0.05, 0.1) is 18.9 Å². The Morgan fingerprint density at radius 1 is 1.18 bits per heavy atom. The van der Waals surface area contributed by atoms with Crippen LogP contribution >= 0.6 is 0 Å². The highest BCUT2D eigenvalue weighted by Gasteiger charge is 2.21. The van der Waals surface area contributed by atoms with Crippen LogP contribution in [0.25, 0.3) is 11.1 Å². The molecule has 0 amide bonds. The number of aromatic nitrogens is 2. The number of anilines is 2. The predicted octanol–water partition coefficient (Wildman–Crippen LogP) is 3.43. The first-order chi connectivity index (χ1) is 10.8. The lowest BCUT2D eigenvalue weighted by atomic mass is 10.1. The van der Waals surface area contributed by atoms with E-state index in [9.17, 15) is 0 Å². The smallest absolute Gasteiger partial charge is 0.151 e. The van der Waals surface area contributed by atoms with Crippen LogP contribution < -0.4 is 10.2 Å². The van der Waals surface area contributed by atoms with Crippen LogP contribution in [0.4, 0.5) is 11.5 Å². The van der Waals surface area contributed by atoms with Gasteiger partial charge in [-0.2, -0.15) is 0 Å². The fourth-order valence-electron chi connectivity index (χ4n) is 2.70. The predicted molar refractivity (Wildman–Crippen MR) is 85.6 cm³/mol. The van der Waals surface area contributed by atoms with Crippen molar-refractivity contribution in [3.05, 3.63) is 60.1 Å². The molecule has 0 aliphatic carbocycles. The molecule has 1 aliphatic rings. The first kappa shape index (κ1) is 12.9. The molecule has 110 valence electrons. The quantitative estimate of drug-likeness (QED) is 0.801. The number of benzene rings is 1. The van der Waals surface area contributed by atoms with Gasteiger partial charge >= 0.3 is 0 Å². The molecule has 0 spiro atoms. The zero-order chi connectivity index (χ0) is 14.9. The van der Waals surface area contributed by atoms with Crippen molar-refractivity contribution < 1.29 is 4.52 Å². The van der Waals surface area contributed by atoms with Crippen molar-refractivity contribution >= 4 is 11.5 Å². The topological polar surface area (TPSA) is 54.2 Å². The minimum atomic E-state index is 0.706. The fourth-order valence-corrected chi connectivity index (χ4v) is 2.70. The SMILES string of the molecule is Cc1cc(CN2CNc3ncc(-c4ccccc4)cc32)no1. The molecular formula is C17H16N4O. The summed E-state index contributed by atoms with van der Waals surface area (Å²) in [4.78, 5) is 6.75. The second-order valence-corrected chi connectivity index (χ2v) is 5.42. The third-order valence-corrected chi connectivity index (χ3v) is 3.78. The van der Waals surface area contributed by atoms with E-state index in [2.05, 4.69) is 38.6 Å². The van der Waals surface area contributed by atoms with E-state index in [0.29, 0.717) is 6.54 Å². The summed E-state index contributed by atoms with van der Waals surface area (Å²) in [6.45, 7) is 3.34. The highest BCUT2D eigenvalue weighted by atomic mass is 16.5. The maximum atomic E-state index is 5.14. The molecule has 0 bridgehead atoms. The molecule has 0 atom stereocenters. The average Bonchev–Trinajstić information content (AvgIpc) is 3.15. The summed E-state index contributed by atoms with van der Waals surface area (Å²) in [5.41, 5.74) is 4.31. The van der Waals surface area contributed by atoms with E-state index in [-0.39, 0.29) is 0 Å². The molecule has 0 radical (unpaired) electrons. The molecule has 5 heteroatoms. The summed E-state index contributed by atoms with van der Waals surface area (Å²) in [6, 6.07) is 14.4. The summed E-state index contributed by atoms with van der Waals surface area (Å²) in [7, 11) is 0. The Kier molecular flexibility index (Phi) is 3.04. The van der Waals surface area contributed by atoms with E-state index in [4.69, 9.17) is 4.52 Å². The first-order valence-electron chi connectivity index (χ1n) is 7.26. The van der Waals surface area contributed by atoms with Crippen molar-refractivity contribution in [3.63, 3.8) is 0 Å². The van der Waals surface area contributed by atoms with Gasteiger partial charge in [-0.1, -0.05) is 35.5 Å². The van der Waals surface area contributed by atoms with Gasteiger partial charge in [-0.05, 0) is 18.6 Å². The standard InChI is InChI=1S/C17H16N4O/c1-12-7-15(20-22-12)10-21-11-19-17-16(21)8-14(9-18-17)13-5-3-2-4-6-13/h2-9H,10-11H2,1H3,(H,18,19). The minimum Gasteiger partial charge on any atom is -0.361 e. The Bertz CT molecular complexity index is 797. The Balaban J connectivity index is 1.65. The van der Waals surface area contributed by atoms with Crippen molar-refractivity contribution in [3.8, 4) is 11.1 Å². The molecule has 4 rings (SSSR count). The maximum Gasteiger partial charge on any atom is 0.151 e. The van der Waals surface area contributed by atoms with E-state index in [0.717, 1.165) is 35.2 Å². The van der Waals surface area contributed by atoms with Gasteiger partial charge in [0, 0.05) is 17.8 Å². The fraction of sp³-hybridized carbons (Fsp3) is 0.176. The summed E-state index contributed by atoms with van der Waals surface area (Å²) >= 11 is 0. The number of nitrogens with zero attached hydrogens (tertiary/aromatic N) is 3. The molecule has 1 aromatic carbocycles. The Morgan fingerprint density at radius 2 is 2.05 bits per heavy atom. The van der Waals surface area contributed by atoms with Crippen LogP contribution in [0.1, 0.15) is 11.5 Å². The molecule has 1 aliphatic heterocycles. The number of rotatable bonds is 3. The Hall–Kier alpha value is -2.82. The molecule has 3 aromatic rings. The largest absolute Gasteiger partial charge is 0.361 e. The zero-order valence-corrected chi connectivity index (χ0v) is 12.3. The lowest BCUT2D eigenvalue weighted by Gasteiger charge is -2.16. The van der Waals surface area contributed by atoms with Gasteiger partial charge in [0.1, 0.15) is 11.5 Å². The summed E-state index contributed by atoms with van der Waals surface area (Å²) in [5.74, 6) is 1.75. The van der Waals surface area contributed by atoms with E-state index < -0.39 is 0 Å². The molecule has 2 aromatic heterocycles. The molecule has 5 nitrogen and oxygen atoms in total. The third kappa shape index (κ3) is 2.30. The number of hydrogen-bond acceptors (Lipinski definition) is 5. The molecule has 0 unspecified atom stereocenters. The molecule has 22 heavy (non-hydrogen) atoms. The summed E-state index contributed by atoms with van der Waals surface area (Å²) < 4.78 is 5.14. The average molecular weight is 292 g/mol. The van der Waals surface area contributed by atoms with Gasteiger partial charge in [0.25, 0.3) is 0 Å². The highest BCUT2D eigenvalue weighted by molar-refractivity contribution is 5.77. The van der Waals surface area contributed by atoms with Crippen LogP contribution in [0.2, 0.25) is 0 Å². The van der Waals surface area contributed by atoms with Crippen LogP contribution in [0.3, 0.4) is 0 Å². The number of fused-ring (bicyclic) bond motifs is 1. The summed E-state index contributed by atoms with van der Waals surface area (Å²) in [6.07, 6.45) is 1.91. The van der Waals surface area contributed by atoms with E-state index >= 15 is 0 Å². The lowest BCUT2D eigenvalue weighted by Crippen LogP contribution is -2.22. The van der Waals surface area contributed by atoms with Gasteiger partial charge < -0.3 is 14.7 Å². The zero-order valence-electron chi connectivity index (χ0n) is 12.3. The van der Waals surface area contributed by atoms with E-state index in [1.165, 1.54) is 5.56 Å². The second kappa shape index (κ2) is 5.18. The third-order valence-electron chi connectivity index (χ3n) is 3.78. The van der Waals surface area contributed by atoms with Crippen LogP contribution in [0.5, 0.6) is 0 Å². The number of aryl methyl sites for hydroxylation is 1. The molecular weight excluding hydrogens is 276 g/mol. The van der Waals surface area contributed by atoms with Gasteiger partial charge in [-0.3, -0.25) is 0 Å². The maximum absolute atomic E-state index is 5.14. The van der Waals surface area contributed by atoms with Crippen molar-refractivity contribution in [2.24, 2.45) is 0 Å². The normalized spacial score (nSPS) is 13.0. The number of hydrogen-bond donors (Lipinski definition) is 1. The Labute approximate surface area is 128 Å². The van der Waals surface area contributed by atoms with Gasteiger partial charge in [-0.15, -0.1) is 0 Å². The molecule has 0 saturated heterocycles. The van der Waals surface area contributed by atoms with Gasteiger partial charge in [0.15, 0.2) is 5.82 Å². The second-order valence-electron chi connectivity index (χ2n) is 5.42. The van der Waals surface area contributed by atoms with Crippen molar-refractivity contribution in [1.29, 1.82) is 0 Å². The molecule has 0 fully saturated rings. The van der Waals surface area contributed by atoms with Crippen LogP contribution in [0.15, 0.2) is 53.2 Å². The van der Waals surface area contributed by atoms with Crippen molar-refractivity contribution in [2.75, 3.05) is 16.9 Å². The van der Waals surface area contributed by atoms with Crippen molar-refractivity contribution in [1.82, 2.24) is 10.1 Å². The highest BCUT2D eigenvalue weighted by Crippen LogP contribution is 2.34. The van der Waals surface area contributed by atoms with Gasteiger partial charge in [0.2, 0.25) is 0 Å². The Morgan fingerprint density at radius 3 is 2.82 bits per heavy atom. The number of pyridine rings is 1. The van der Waals surface area contributed by atoms with Crippen LogP contribution in [0, 0.1) is 6.92 Å². The molecule has 1 N–H and O–H groups in total. The van der Waals surface area contributed by atoms with E-state index in [1.54, 1.807) is 0 Å². The summed E-state index contributed by atoms with van der Waals surface area (Å²) in [5, 5.41) is 7.38. The monoisotopic (exact) mass is 292 g/mol. The lowest BCUT2D eigenvalue weighted by molar-refractivity contribution is 0.390.